The summed E-state index contributed by atoms with van der Waals surface area (Å²) in [6.07, 6.45) is 0.652. The van der Waals surface area contributed by atoms with Crippen molar-refractivity contribution in [2.45, 2.75) is 38.8 Å². The van der Waals surface area contributed by atoms with Gasteiger partial charge < -0.3 is 15.4 Å². The molecule has 0 aliphatic heterocycles. The summed E-state index contributed by atoms with van der Waals surface area (Å²) in [6.45, 7) is 5.32. The van der Waals surface area contributed by atoms with E-state index in [1.807, 2.05) is 20.8 Å². The Bertz CT molecular complexity index is 1200. The van der Waals surface area contributed by atoms with Crippen LogP contribution in [0.3, 0.4) is 0 Å². The third kappa shape index (κ3) is 6.69. The van der Waals surface area contributed by atoms with E-state index in [0.717, 1.165) is 0 Å². The molecule has 0 spiro atoms. The number of carbonyl (C=O) groups excluding carboxylic acids is 3. The van der Waals surface area contributed by atoms with Gasteiger partial charge >= 0.3 is 0 Å². The van der Waals surface area contributed by atoms with Gasteiger partial charge in [-0.15, -0.1) is 11.3 Å². The van der Waals surface area contributed by atoms with Crippen LogP contribution in [0.5, 0.6) is 5.75 Å². The molecule has 0 aliphatic carbocycles. The Morgan fingerprint density at radius 3 is 2.39 bits per heavy atom. The molecule has 0 aliphatic rings. The van der Waals surface area contributed by atoms with Crippen molar-refractivity contribution in [1.29, 1.82) is 0 Å². The second kappa shape index (κ2) is 11.8. The first kappa shape index (κ1) is 26.9. The standard InChI is InChI=1S/C27H30FN3O4S/c1-5-27(2,3)30-26(34)24(18-11-13-21(35-4)14-12-18)31(20-9-6-8-19(28)16-20)23(32)17-29-25(33)22-10-7-15-36-22/h6-16,24H,5,17H2,1-4H3,(H,29,33)(H,30,34). The molecular weight excluding hydrogens is 481 g/mol. The highest BCUT2D eigenvalue weighted by atomic mass is 32.1. The fourth-order valence-electron chi connectivity index (χ4n) is 3.49. The van der Waals surface area contributed by atoms with Crippen molar-refractivity contribution >= 4 is 34.7 Å². The molecule has 1 atom stereocenters. The lowest BCUT2D eigenvalue weighted by Crippen LogP contribution is -2.52. The quantitative estimate of drug-likeness (QED) is 0.413. The lowest BCUT2D eigenvalue weighted by atomic mass is 9.98. The van der Waals surface area contributed by atoms with Gasteiger partial charge in [-0.05, 0) is 67.6 Å². The van der Waals surface area contributed by atoms with Crippen molar-refractivity contribution in [3.05, 3.63) is 82.3 Å². The summed E-state index contributed by atoms with van der Waals surface area (Å²) in [5, 5.41) is 7.36. The summed E-state index contributed by atoms with van der Waals surface area (Å²) in [4.78, 5) is 41.4. The highest BCUT2D eigenvalue weighted by Crippen LogP contribution is 2.30. The fraction of sp³-hybridized carbons (Fsp3) is 0.296. The number of halogens is 1. The lowest BCUT2D eigenvalue weighted by Gasteiger charge is -2.34. The molecule has 3 aromatic rings. The lowest BCUT2D eigenvalue weighted by molar-refractivity contribution is -0.127. The molecule has 9 heteroatoms. The molecule has 2 aromatic carbocycles. The zero-order valence-electron chi connectivity index (χ0n) is 20.7. The van der Waals surface area contributed by atoms with Gasteiger partial charge in [0.2, 0.25) is 11.8 Å². The molecule has 0 radical (unpaired) electrons. The summed E-state index contributed by atoms with van der Waals surface area (Å²) < 4.78 is 19.5. The molecule has 2 N–H and O–H groups in total. The average molecular weight is 512 g/mol. The molecule has 1 aromatic heterocycles. The maximum absolute atomic E-state index is 14.3. The van der Waals surface area contributed by atoms with E-state index in [2.05, 4.69) is 10.6 Å². The topological polar surface area (TPSA) is 87.7 Å². The molecule has 1 unspecified atom stereocenters. The van der Waals surface area contributed by atoms with Crippen LogP contribution in [-0.2, 0) is 9.59 Å². The largest absolute Gasteiger partial charge is 0.497 e. The van der Waals surface area contributed by atoms with Crippen LogP contribution in [0.1, 0.15) is 48.5 Å². The van der Waals surface area contributed by atoms with Crippen molar-refractivity contribution in [2.24, 2.45) is 0 Å². The number of rotatable bonds is 10. The third-order valence-corrected chi connectivity index (χ3v) is 6.65. The van der Waals surface area contributed by atoms with Crippen molar-refractivity contribution in [1.82, 2.24) is 10.6 Å². The van der Waals surface area contributed by atoms with Gasteiger partial charge in [-0.1, -0.05) is 31.2 Å². The maximum atomic E-state index is 14.3. The molecular formula is C27H30FN3O4S. The molecule has 36 heavy (non-hydrogen) atoms. The number of nitrogens with zero attached hydrogens (tertiary/aromatic N) is 1. The highest BCUT2D eigenvalue weighted by molar-refractivity contribution is 7.12. The molecule has 0 fully saturated rings. The number of amides is 3. The number of hydrogen-bond donors (Lipinski definition) is 2. The number of anilines is 1. The zero-order valence-corrected chi connectivity index (χ0v) is 21.5. The third-order valence-electron chi connectivity index (χ3n) is 5.78. The van der Waals surface area contributed by atoms with E-state index in [4.69, 9.17) is 4.74 Å². The number of carbonyl (C=O) groups is 3. The first-order valence-corrected chi connectivity index (χ1v) is 12.4. The Labute approximate surface area is 214 Å². The second-order valence-corrected chi connectivity index (χ2v) is 9.75. The number of methoxy groups -OCH3 is 1. The van der Waals surface area contributed by atoms with Gasteiger partial charge in [-0.3, -0.25) is 19.3 Å². The normalized spacial score (nSPS) is 11.9. The van der Waals surface area contributed by atoms with E-state index in [1.165, 1.54) is 41.5 Å². The smallest absolute Gasteiger partial charge is 0.261 e. The van der Waals surface area contributed by atoms with E-state index in [1.54, 1.807) is 47.8 Å². The summed E-state index contributed by atoms with van der Waals surface area (Å²) in [5.41, 5.74) is 0.143. The van der Waals surface area contributed by atoms with E-state index in [9.17, 15) is 18.8 Å². The Hall–Kier alpha value is -3.72. The summed E-state index contributed by atoms with van der Waals surface area (Å²) >= 11 is 1.25. The zero-order chi connectivity index (χ0) is 26.3. The first-order chi connectivity index (χ1) is 17.1. The van der Waals surface area contributed by atoms with Crippen molar-refractivity contribution < 1.29 is 23.5 Å². The number of ether oxygens (including phenoxy) is 1. The minimum absolute atomic E-state index is 0.190. The van der Waals surface area contributed by atoms with E-state index < -0.39 is 35.1 Å². The van der Waals surface area contributed by atoms with Gasteiger partial charge in [0.05, 0.1) is 18.5 Å². The molecule has 3 rings (SSSR count). The van der Waals surface area contributed by atoms with Crippen LogP contribution in [0, 0.1) is 5.82 Å². The summed E-state index contributed by atoms with van der Waals surface area (Å²) in [6, 6.07) is 14.5. The summed E-state index contributed by atoms with van der Waals surface area (Å²) in [5.74, 6) is -1.39. The number of hydrogen-bond acceptors (Lipinski definition) is 5. The van der Waals surface area contributed by atoms with Gasteiger partial charge in [0.1, 0.15) is 17.6 Å². The van der Waals surface area contributed by atoms with Crippen LogP contribution >= 0.6 is 11.3 Å². The number of nitrogens with one attached hydrogen (secondary N) is 2. The van der Waals surface area contributed by atoms with Gasteiger partial charge in [0.25, 0.3) is 5.91 Å². The summed E-state index contributed by atoms with van der Waals surface area (Å²) in [7, 11) is 1.53. The highest BCUT2D eigenvalue weighted by Gasteiger charge is 2.35. The molecule has 7 nitrogen and oxygen atoms in total. The Balaban J connectivity index is 2.04. The minimum Gasteiger partial charge on any atom is -0.497 e. The van der Waals surface area contributed by atoms with E-state index >= 15 is 0 Å². The number of benzene rings is 2. The second-order valence-electron chi connectivity index (χ2n) is 8.81. The van der Waals surface area contributed by atoms with Crippen LogP contribution < -0.4 is 20.3 Å². The van der Waals surface area contributed by atoms with Crippen LogP contribution in [0.25, 0.3) is 0 Å². The van der Waals surface area contributed by atoms with Crippen LogP contribution in [0.2, 0.25) is 0 Å². The van der Waals surface area contributed by atoms with Gasteiger partial charge in [0, 0.05) is 11.2 Å². The molecule has 190 valence electrons. The molecule has 0 saturated heterocycles. The van der Waals surface area contributed by atoms with Crippen LogP contribution in [-0.4, -0.2) is 36.9 Å². The maximum Gasteiger partial charge on any atom is 0.261 e. The predicted molar refractivity (Wildman–Crippen MR) is 139 cm³/mol. The average Bonchev–Trinajstić information content (AvgIpc) is 3.40. The van der Waals surface area contributed by atoms with Crippen LogP contribution in [0.4, 0.5) is 10.1 Å². The Kier molecular flexibility index (Phi) is 8.82. The van der Waals surface area contributed by atoms with Crippen LogP contribution in [0.15, 0.2) is 66.0 Å². The molecule has 1 heterocycles. The first-order valence-electron chi connectivity index (χ1n) is 11.5. The Morgan fingerprint density at radius 2 is 1.81 bits per heavy atom. The fourth-order valence-corrected chi connectivity index (χ4v) is 4.13. The number of thiophene rings is 1. The molecule has 3 amide bonds. The Morgan fingerprint density at radius 1 is 1.08 bits per heavy atom. The minimum atomic E-state index is -1.13. The predicted octanol–water partition coefficient (Wildman–Crippen LogP) is 4.70. The van der Waals surface area contributed by atoms with E-state index in [-0.39, 0.29) is 12.2 Å². The van der Waals surface area contributed by atoms with Crippen molar-refractivity contribution in [3.8, 4) is 5.75 Å². The van der Waals surface area contributed by atoms with Gasteiger partial charge in [-0.25, -0.2) is 4.39 Å². The van der Waals surface area contributed by atoms with Crippen molar-refractivity contribution in [3.63, 3.8) is 0 Å². The van der Waals surface area contributed by atoms with E-state index in [0.29, 0.717) is 22.6 Å². The monoisotopic (exact) mass is 511 g/mol. The van der Waals surface area contributed by atoms with Gasteiger partial charge in [0.15, 0.2) is 0 Å². The van der Waals surface area contributed by atoms with Crippen molar-refractivity contribution in [2.75, 3.05) is 18.6 Å². The molecule has 0 bridgehead atoms. The SMILES string of the molecule is CCC(C)(C)NC(=O)C(c1ccc(OC)cc1)N(C(=O)CNC(=O)c1cccs1)c1cccc(F)c1. The van der Waals surface area contributed by atoms with Gasteiger partial charge in [-0.2, -0.15) is 0 Å². The molecule has 0 saturated carbocycles.